The van der Waals surface area contributed by atoms with Gasteiger partial charge in [0.2, 0.25) is 5.91 Å². The van der Waals surface area contributed by atoms with Crippen molar-refractivity contribution in [1.29, 1.82) is 0 Å². The van der Waals surface area contributed by atoms with Crippen molar-refractivity contribution in [2.75, 3.05) is 5.32 Å². The maximum atomic E-state index is 13.4. The average Bonchev–Trinajstić information content (AvgIpc) is 3.08. The van der Waals surface area contributed by atoms with Crippen molar-refractivity contribution in [3.8, 4) is 0 Å². The Kier molecular flexibility index (Phi) is 7.51. The summed E-state index contributed by atoms with van der Waals surface area (Å²) in [4.78, 5) is 14.3. The molecule has 0 spiro atoms. The van der Waals surface area contributed by atoms with Crippen LogP contribution in [0, 0.1) is 0 Å². The second kappa shape index (κ2) is 9.93. The fraction of sp³-hybridized carbons (Fsp3) is 0.200. The summed E-state index contributed by atoms with van der Waals surface area (Å²) >= 11 is 12.9. The number of benzene rings is 2. The highest BCUT2D eigenvalue weighted by Crippen LogP contribution is 2.37. The lowest BCUT2D eigenvalue weighted by atomic mass is 10.2. The third kappa shape index (κ3) is 5.34. The Morgan fingerprint density at radius 2 is 1.68 bits per heavy atom. The van der Waals surface area contributed by atoms with Gasteiger partial charge in [0.05, 0.1) is 10.7 Å². The van der Waals surface area contributed by atoms with Gasteiger partial charge in [0, 0.05) is 14.8 Å². The third-order valence-electron chi connectivity index (χ3n) is 4.26. The monoisotopic (exact) mass is 491 g/mol. The van der Waals surface area contributed by atoms with E-state index >= 15 is 0 Å². The Morgan fingerprint density at radius 3 is 2.29 bits per heavy atom. The highest BCUT2D eigenvalue weighted by molar-refractivity contribution is 7.99. The van der Waals surface area contributed by atoms with Crippen LogP contribution in [-0.2, 0) is 4.79 Å². The molecule has 0 aliphatic rings. The van der Waals surface area contributed by atoms with E-state index in [0.717, 1.165) is 4.90 Å². The highest BCUT2D eigenvalue weighted by Gasteiger charge is 2.32. The van der Waals surface area contributed by atoms with Crippen molar-refractivity contribution in [2.24, 2.45) is 0 Å². The van der Waals surface area contributed by atoms with Crippen molar-refractivity contribution in [1.82, 2.24) is 9.78 Å². The molecule has 2 aromatic carbocycles. The van der Waals surface area contributed by atoms with Crippen LogP contribution < -0.4 is 5.32 Å². The molecule has 31 heavy (non-hydrogen) atoms. The van der Waals surface area contributed by atoms with Crippen molar-refractivity contribution in [3.63, 3.8) is 0 Å². The number of carbonyl (C=O) groups is 1. The van der Waals surface area contributed by atoms with Gasteiger partial charge in [-0.2, -0.15) is 5.10 Å². The quantitative estimate of drug-likeness (QED) is 0.349. The van der Waals surface area contributed by atoms with Crippen LogP contribution in [0.15, 0.2) is 58.3 Å². The molecular weight excluding hydrogens is 477 g/mol. The number of aromatic nitrogens is 2. The smallest absolute Gasteiger partial charge is 0.283 e. The summed E-state index contributed by atoms with van der Waals surface area (Å²) in [6.07, 6.45) is -6.34. The van der Waals surface area contributed by atoms with Gasteiger partial charge >= 0.3 is 0 Å². The lowest BCUT2D eigenvalue weighted by Gasteiger charge is -2.17. The van der Waals surface area contributed by atoms with E-state index in [1.54, 1.807) is 48.5 Å². The van der Waals surface area contributed by atoms with Crippen molar-refractivity contribution in [3.05, 3.63) is 70.0 Å². The number of rotatable bonds is 7. The van der Waals surface area contributed by atoms with Crippen LogP contribution in [0.2, 0.25) is 10.0 Å². The van der Waals surface area contributed by atoms with Crippen LogP contribution >= 0.6 is 35.0 Å². The molecule has 0 aliphatic heterocycles. The molecule has 4 nitrogen and oxygen atoms in total. The standard InChI is InChI=1S/C20H15Cl2F4N3OS/c1-10(29-17(19(25)26)15(22)16(28-29)18(23)24)20(30)27-13-4-2-3-5-14(13)31-12-8-6-11(21)7-9-12/h2-10,18-19H,1H3,(H,27,30). The van der Waals surface area contributed by atoms with Gasteiger partial charge < -0.3 is 5.32 Å². The van der Waals surface area contributed by atoms with Crippen LogP contribution in [-0.4, -0.2) is 15.7 Å². The zero-order chi connectivity index (χ0) is 22.7. The molecule has 1 N–H and O–H groups in total. The molecule has 3 rings (SSSR count). The van der Waals surface area contributed by atoms with Gasteiger partial charge in [-0.05, 0) is 43.3 Å². The number of nitrogens with one attached hydrogen (secondary N) is 1. The van der Waals surface area contributed by atoms with E-state index in [9.17, 15) is 22.4 Å². The number of alkyl halides is 4. The maximum absolute atomic E-state index is 13.4. The van der Waals surface area contributed by atoms with E-state index in [0.29, 0.717) is 20.3 Å². The molecule has 3 aromatic rings. The van der Waals surface area contributed by atoms with Gasteiger partial charge in [-0.1, -0.05) is 47.1 Å². The van der Waals surface area contributed by atoms with E-state index in [1.165, 1.54) is 18.7 Å². The number of halogens is 6. The number of nitrogens with zero attached hydrogens (tertiary/aromatic N) is 2. The lowest BCUT2D eigenvalue weighted by Crippen LogP contribution is -2.26. The van der Waals surface area contributed by atoms with Crippen molar-refractivity contribution in [2.45, 2.75) is 35.6 Å². The number of para-hydroxylation sites is 1. The van der Waals surface area contributed by atoms with Gasteiger partial charge in [-0.25, -0.2) is 22.2 Å². The first kappa shape index (κ1) is 23.4. The molecule has 164 valence electrons. The molecule has 1 aromatic heterocycles. The number of hydrogen-bond acceptors (Lipinski definition) is 3. The summed E-state index contributed by atoms with van der Waals surface area (Å²) in [5.41, 5.74) is -1.50. The van der Waals surface area contributed by atoms with Gasteiger partial charge in [0.25, 0.3) is 12.9 Å². The summed E-state index contributed by atoms with van der Waals surface area (Å²) in [5.74, 6) is -0.717. The van der Waals surface area contributed by atoms with E-state index in [4.69, 9.17) is 23.2 Å². The largest absolute Gasteiger partial charge is 0.323 e. The molecule has 0 radical (unpaired) electrons. The minimum Gasteiger partial charge on any atom is -0.323 e. The summed E-state index contributed by atoms with van der Waals surface area (Å²) in [6.45, 7) is 1.27. The maximum Gasteiger partial charge on any atom is 0.283 e. The van der Waals surface area contributed by atoms with Crippen LogP contribution in [0.4, 0.5) is 23.2 Å². The molecule has 1 unspecified atom stereocenters. The Labute approximate surface area is 189 Å². The molecule has 0 saturated heterocycles. The minimum absolute atomic E-state index is 0.422. The molecular formula is C20H15Cl2F4N3OS. The van der Waals surface area contributed by atoms with Crippen molar-refractivity contribution < 1.29 is 22.4 Å². The summed E-state index contributed by atoms with van der Waals surface area (Å²) < 4.78 is 53.5. The normalized spacial score (nSPS) is 12.4. The van der Waals surface area contributed by atoms with E-state index in [1.807, 2.05) is 0 Å². The van der Waals surface area contributed by atoms with Gasteiger partial charge in [0.1, 0.15) is 17.4 Å². The second-order valence-electron chi connectivity index (χ2n) is 6.35. The van der Waals surface area contributed by atoms with Gasteiger partial charge in [-0.3, -0.25) is 4.79 Å². The fourth-order valence-corrected chi connectivity index (χ4v) is 4.03. The van der Waals surface area contributed by atoms with Crippen LogP contribution in [0.5, 0.6) is 0 Å². The molecule has 0 fully saturated rings. The van der Waals surface area contributed by atoms with E-state index < -0.39 is 41.2 Å². The third-order valence-corrected chi connectivity index (χ3v) is 5.98. The van der Waals surface area contributed by atoms with E-state index in [2.05, 4.69) is 10.4 Å². The first-order valence-corrected chi connectivity index (χ1v) is 10.4. The molecule has 1 amide bonds. The van der Waals surface area contributed by atoms with Crippen LogP contribution in [0.1, 0.15) is 37.2 Å². The zero-order valence-electron chi connectivity index (χ0n) is 15.8. The Hall–Kier alpha value is -2.23. The van der Waals surface area contributed by atoms with Gasteiger partial charge in [0.15, 0.2) is 0 Å². The number of hydrogen-bond donors (Lipinski definition) is 1. The summed E-state index contributed by atoms with van der Waals surface area (Å²) in [6, 6.07) is 12.6. The molecule has 0 aliphatic carbocycles. The Morgan fingerprint density at radius 1 is 1.03 bits per heavy atom. The number of amides is 1. The lowest BCUT2D eigenvalue weighted by molar-refractivity contribution is -0.119. The predicted octanol–water partition coefficient (Wildman–Crippen LogP) is 7.42. The predicted molar refractivity (Wildman–Crippen MR) is 113 cm³/mol. The molecule has 1 atom stereocenters. The first-order chi connectivity index (χ1) is 14.7. The summed E-state index contributed by atoms with van der Waals surface area (Å²) in [5, 5.41) is 5.85. The van der Waals surface area contributed by atoms with Crippen LogP contribution in [0.25, 0.3) is 0 Å². The topological polar surface area (TPSA) is 46.9 Å². The molecule has 0 saturated carbocycles. The molecule has 11 heteroatoms. The SMILES string of the molecule is CC(C(=O)Nc1ccccc1Sc1ccc(Cl)cc1)n1nc(C(F)F)c(Cl)c1C(F)F. The summed E-state index contributed by atoms with van der Waals surface area (Å²) in [7, 11) is 0. The minimum atomic E-state index is -3.18. The van der Waals surface area contributed by atoms with Crippen molar-refractivity contribution >= 4 is 46.6 Å². The van der Waals surface area contributed by atoms with Crippen LogP contribution in [0.3, 0.4) is 0 Å². The first-order valence-electron chi connectivity index (χ1n) is 8.86. The van der Waals surface area contributed by atoms with E-state index in [-0.39, 0.29) is 0 Å². The Bertz CT molecular complexity index is 1080. The average molecular weight is 492 g/mol. The fourth-order valence-electron chi connectivity index (χ4n) is 2.71. The number of carbonyl (C=O) groups excluding carboxylic acids is 1. The van der Waals surface area contributed by atoms with Gasteiger partial charge in [-0.15, -0.1) is 0 Å². The molecule has 0 bridgehead atoms. The second-order valence-corrected chi connectivity index (χ2v) is 8.28. The molecule has 1 heterocycles. The Balaban J connectivity index is 1.86. The number of anilines is 1. The zero-order valence-corrected chi connectivity index (χ0v) is 18.2. The highest BCUT2D eigenvalue weighted by atomic mass is 35.5.